The lowest BCUT2D eigenvalue weighted by molar-refractivity contribution is 0.158. The van der Waals surface area contributed by atoms with E-state index >= 15 is 0 Å². The summed E-state index contributed by atoms with van der Waals surface area (Å²) in [6, 6.07) is 8.30. The van der Waals surface area contributed by atoms with Crippen molar-refractivity contribution in [1.82, 2.24) is 14.8 Å². The van der Waals surface area contributed by atoms with Gasteiger partial charge in [0, 0.05) is 6.42 Å². The predicted molar refractivity (Wildman–Crippen MR) is 82.0 cm³/mol. The highest BCUT2D eigenvalue weighted by Gasteiger charge is 2.25. The fourth-order valence-corrected chi connectivity index (χ4v) is 2.56. The van der Waals surface area contributed by atoms with Crippen LogP contribution in [0.5, 0.6) is 0 Å². The zero-order valence-electron chi connectivity index (χ0n) is 12.8. The largest absolute Gasteiger partial charge is 0.385 e. The highest BCUT2D eigenvalue weighted by molar-refractivity contribution is 5.25. The minimum absolute atomic E-state index is 0.533. The molecule has 0 saturated heterocycles. The normalized spacial score (nSPS) is 16.1. The van der Waals surface area contributed by atoms with Crippen LogP contribution in [0.2, 0.25) is 0 Å². The van der Waals surface area contributed by atoms with Gasteiger partial charge in [-0.15, -0.1) is 0 Å². The molecule has 1 aromatic heterocycles. The van der Waals surface area contributed by atoms with E-state index in [-0.39, 0.29) is 0 Å². The second-order valence-corrected chi connectivity index (χ2v) is 6.04. The summed E-state index contributed by atoms with van der Waals surface area (Å²) in [6.07, 6.45) is 3.66. The minimum Gasteiger partial charge on any atom is -0.385 e. The molecule has 1 N–H and O–H groups in total. The second-order valence-electron chi connectivity index (χ2n) is 6.04. The van der Waals surface area contributed by atoms with Crippen molar-refractivity contribution in [1.29, 1.82) is 0 Å². The Balaban J connectivity index is 1.87. The van der Waals surface area contributed by atoms with E-state index in [4.69, 9.17) is 0 Å². The maximum absolute atomic E-state index is 10.2. The Labute approximate surface area is 125 Å². The number of aliphatic hydroxyl groups excluding tert-OH is 1. The molecular formula is C17H23N3O. The number of benzene rings is 1. The van der Waals surface area contributed by atoms with Crippen molar-refractivity contribution >= 4 is 0 Å². The molecule has 21 heavy (non-hydrogen) atoms. The Morgan fingerprint density at radius 1 is 1.33 bits per heavy atom. The van der Waals surface area contributed by atoms with Crippen molar-refractivity contribution in [2.24, 2.45) is 5.92 Å². The molecule has 0 spiro atoms. The fourth-order valence-electron chi connectivity index (χ4n) is 2.56. The van der Waals surface area contributed by atoms with Gasteiger partial charge in [-0.2, -0.15) is 5.10 Å². The number of aliphatic hydroxyl groups is 1. The first kappa shape index (κ1) is 14.3. The molecule has 0 unspecified atom stereocenters. The Hall–Kier alpha value is -1.68. The van der Waals surface area contributed by atoms with Gasteiger partial charge in [-0.05, 0) is 43.2 Å². The quantitative estimate of drug-likeness (QED) is 0.887. The number of hydrogen-bond donors (Lipinski definition) is 1. The molecule has 2 aromatic rings. The topological polar surface area (TPSA) is 50.9 Å². The third kappa shape index (κ3) is 3.32. The van der Waals surface area contributed by atoms with Crippen LogP contribution in [0.4, 0.5) is 0 Å². The number of hydrogen-bond acceptors (Lipinski definition) is 3. The van der Waals surface area contributed by atoms with Crippen molar-refractivity contribution in [2.45, 2.75) is 52.2 Å². The van der Waals surface area contributed by atoms with E-state index in [1.807, 2.05) is 23.7 Å². The predicted octanol–water partition coefficient (Wildman–Crippen LogP) is 3.03. The van der Waals surface area contributed by atoms with Crippen LogP contribution in [-0.2, 0) is 13.0 Å². The lowest BCUT2D eigenvalue weighted by Gasteiger charge is -2.11. The standard InChI is InChI=1S/C17H23N3O/c1-3-15(21)17-18-16(10-13-8-9-13)19-20(17)11-14-7-5-4-6-12(14)2/h4-7,13,15,21H,3,8-11H2,1-2H3/t15-/m1/s1. The molecule has 0 bridgehead atoms. The van der Waals surface area contributed by atoms with Gasteiger partial charge in [0.2, 0.25) is 0 Å². The van der Waals surface area contributed by atoms with Crippen LogP contribution in [0.1, 0.15) is 55.1 Å². The molecule has 0 aliphatic heterocycles. The Morgan fingerprint density at radius 3 is 2.76 bits per heavy atom. The van der Waals surface area contributed by atoms with Gasteiger partial charge < -0.3 is 5.11 Å². The highest BCUT2D eigenvalue weighted by Crippen LogP contribution is 2.32. The lowest BCUT2D eigenvalue weighted by atomic mass is 10.1. The summed E-state index contributed by atoms with van der Waals surface area (Å²) in [6.45, 7) is 4.75. The van der Waals surface area contributed by atoms with Crippen LogP contribution >= 0.6 is 0 Å². The van der Waals surface area contributed by atoms with Crippen LogP contribution in [-0.4, -0.2) is 19.9 Å². The highest BCUT2D eigenvalue weighted by atomic mass is 16.3. The summed E-state index contributed by atoms with van der Waals surface area (Å²) >= 11 is 0. The van der Waals surface area contributed by atoms with E-state index in [1.54, 1.807) is 0 Å². The monoisotopic (exact) mass is 285 g/mol. The number of rotatable bonds is 6. The number of aryl methyl sites for hydroxylation is 1. The summed E-state index contributed by atoms with van der Waals surface area (Å²) in [7, 11) is 0. The molecule has 0 amide bonds. The molecule has 1 atom stereocenters. The molecule has 1 aromatic carbocycles. The first-order chi connectivity index (χ1) is 10.2. The first-order valence-corrected chi connectivity index (χ1v) is 7.83. The van der Waals surface area contributed by atoms with Crippen molar-refractivity contribution < 1.29 is 5.11 Å². The zero-order chi connectivity index (χ0) is 14.8. The van der Waals surface area contributed by atoms with Gasteiger partial charge in [-0.1, -0.05) is 31.2 Å². The van der Waals surface area contributed by atoms with Crippen LogP contribution < -0.4 is 0 Å². The summed E-state index contributed by atoms with van der Waals surface area (Å²) < 4.78 is 1.88. The fraction of sp³-hybridized carbons (Fsp3) is 0.529. The van der Waals surface area contributed by atoms with Crippen molar-refractivity contribution in [2.75, 3.05) is 0 Å². The average Bonchev–Trinajstić information content (AvgIpc) is 3.20. The van der Waals surface area contributed by atoms with Gasteiger partial charge in [0.25, 0.3) is 0 Å². The van der Waals surface area contributed by atoms with Crippen LogP contribution in [0, 0.1) is 12.8 Å². The van der Waals surface area contributed by atoms with Crippen LogP contribution in [0.25, 0.3) is 0 Å². The Morgan fingerprint density at radius 2 is 2.10 bits per heavy atom. The summed E-state index contributed by atoms with van der Waals surface area (Å²) in [4.78, 5) is 4.59. The molecule has 1 heterocycles. The van der Waals surface area contributed by atoms with E-state index < -0.39 is 6.10 Å². The minimum atomic E-state index is -0.533. The van der Waals surface area contributed by atoms with E-state index in [0.29, 0.717) is 18.8 Å². The van der Waals surface area contributed by atoms with E-state index in [0.717, 1.165) is 18.2 Å². The third-order valence-electron chi connectivity index (χ3n) is 4.18. The molecular weight excluding hydrogens is 262 g/mol. The third-order valence-corrected chi connectivity index (χ3v) is 4.18. The molecule has 4 heteroatoms. The summed E-state index contributed by atoms with van der Waals surface area (Å²) in [5.74, 6) is 2.34. The number of aromatic nitrogens is 3. The van der Waals surface area contributed by atoms with Crippen LogP contribution in [0.3, 0.4) is 0 Å². The van der Waals surface area contributed by atoms with Gasteiger partial charge in [0.1, 0.15) is 6.10 Å². The van der Waals surface area contributed by atoms with Gasteiger partial charge >= 0.3 is 0 Å². The number of nitrogens with zero attached hydrogens (tertiary/aromatic N) is 3. The molecule has 1 fully saturated rings. The second kappa shape index (κ2) is 5.98. The van der Waals surface area contributed by atoms with Crippen molar-refractivity contribution in [3.8, 4) is 0 Å². The van der Waals surface area contributed by atoms with Gasteiger partial charge in [0.05, 0.1) is 6.54 Å². The van der Waals surface area contributed by atoms with E-state index in [1.165, 1.54) is 24.0 Å². The van der Waals surface area contributed by atoms with Crippen molar-refractivity contribution in [3.63, 3.8) is 0 Å². The maximum atomic E-state index is 10.2. The van der Waals surface area contributed by atoms with Gasteiger partial charge in [-0.3, -0.25) is 0 Å². The molecule has 4 nitrogen and oxygen atoms in total. The lowest BCUT2D eigenvalue weighted by Crippen LogP contribution is -2.11. The van der Waals surface area contributed by atoms with E-state index in [2.05, 4.69) is 29.1 Å². The summed E-state index contributed by atoms with van der Waals surface area (Å²) in [5, 5.41) is 14.8. The molecule has 0 radical (unpaired) electrons. The molecule has 3 rings (SSSR count). The first-order valence-electron chi connectivity index (χ1n) is 7.83. The SMILES string of the molecule is CC[C@@H](O)c1nc(CC2CC2)nn1Cc1ccccc1C. The van der Waals surface area contributed by atoms with E-state index in [9.17, 15) is 5.11 Å². The summed E-state index contributed by atoms with van der Waals surface area (Å²) in [5.41, 5.74) is 2.47. The zero-order valence-corrected chi connectivity index (χ0v) is 12.8. The molecule has 1 aliphatic rings. The van der Waals surface area contributed by atoms with Gasteiger partial charge in [0.15, 0.2) is 11.6 Å². The Bertz CT molecular complexity index is 616. The maximum Gasteiger partial charge on any atom is 0.156 e. The average molecular weight is 285 g/mol. The van der Waals surface area contributed by atoms with Gasteiger partial charge in [-0.25, -0.2) is 9.67 Å². The van der Waals surface area contributed by atoms with Crippen LogP contribution in [0.15, 0.2) is 24.3 Å². The Kier molecular flexibility index (Phi) is 4.06. The smallest absolute Gasteiger partial charge is 0.156 e. The molecule has 1 saturated carbocycles. The van der Waals surface area contributed by atoms with Crippen molar-refractivity contribution in [3.05, 3.63) is 47.0 Å². The molecule has 1 aliphatic carbocycles. The molecule has 112 valence electrons.